The van der Waals surface area contributed by atoms with Gasteiger partial charge in [-0.1, -0.05) is 35.8 Å². The van der Waals surface area contributed by atoms with Crippen LogP contribution in [0.5, 0.6) is 11.5 Å². The Balaban J connectivity index is 2.68. The number of halogens is 1. The highest BCUT2D eigenvalue weighted by atomic mass is 79.9. The molecule has 0 amide bonds. The Labute approximate surface area is 112 Å². The summed E-state index contributed by atoms with van der Waals surface area (Å²) in [5.74, 6) is 2.75. The number of benzene rings is 1. The van der Waals surface area contributed by atoms with Gasteiger partial charge in [-0.15, -0.1) is 0 Å². The number of methoxy groups -OCH3 is 1. The third-order valence-corrected chi connectivity index (χ3v) is 3.74. The molecule has 0 heterocycles. The van der Waals surface area contributed by atoms with Crippen LogP contribution in [0.1, 0.15) is 19.4 Å². The zero-order valence-corrected chi connectivity index (χ0v) is 12.6. The van der Waals surface area contributed by atoms with Crippen LogP contribution in [-0.2, 0) is 0 Å². The number of rotatable bonds is 6. The lowest BCUT2D eigenvalue weighted by molar-refractivity contribution is 0.219. The van der Waals surface area contributed by atoms with Crippen molar-refractivity contribution in [3.63, 3.8) is 0 Å². The molecule has 0 N–H and O–H groups in total. The fourth-order valence-corrected chi connectivity index (χ4v) is 2.44. The molecule has 0 aliphatic heterocycles. The van der Waals surface area contributed by atoms with Gasteiger partial charge in [0.05, 0.1) is 13.7 Å². The van der Waals surface area contributed by atoms with E-state index in [2.05, 4.69) is 29.8 Å². The van der Waals surface area contributed by atoms with Crippen LogP contribution in [0, 0.1) is 18.8 Å². The van der Waals surface area contributed by atoms with Gasteiger partial charge in [-0.25, -0.2) is 0 Å². The lowest BCUT2D eigenvalue weighted by Crippen LogP contribution is -2.19. The standard InChI is InChI=1S/C14H21BrO2/c1-10(2)12(8-15)9-17-13-6-5-11(3)7-14(13)16-4/h5-7,10,12H,8-9H2,1-4H3. The van der Waals surface area contributed by atoms with Gasteiger partial charge < -0.3 is 9.47 Å². The van der Waals surface area contributed by atoms with E-state index in [-0.39, 0.29) is 0 Å². The second-order valence-corrected chi connectivity index (χ2v) is 5.27. The molecule has 0 spiro atoms. The van der Waals surface area contributed by atoms with Gasteiger partial charge in [0.15, 0.2) is 11.5 Å². The Morgan fingerprint density at radius 2 is 1.94 bits per heavy atom. The van der Waals surface area contributed by atoms with E-state index in [0.717, 1.165) is 16.8 Å². The minimum atomic E-state index is 0.515. The zero-order valence-electron chi connectivity index (χ0n) is 11.0. The van der Waals surface area contributed by atoms with Crippen molar-refractivity contribution in [3.05, 3.63) is 23.8 Å². The van der Waals surface area contributed by atoms with Crippen LogP contribution in [0.2, 0.25) is 0 Å². The summed E-state index contributed by atoms with van der Waals surface area (Å²) in [4.78, 5) is 0. The molecule has 0 saturated heterocycles. The predicted octanol–water partition coefficient (Wildman–Crippen LogP) is 4.05. The smallest absolute Gasteiger partial charge is 0.161 e. The molecule has 0 radical (unpaired) electrons. The van der Waals surface area contributed by atoms with Gasteiger partial charge in [-0.2, -0.15) is 0 Å². The third kappa shape index (κ3) is 4.23. The summed E-state index contributed by atoms with van der Waals surface area (Å²) in [7, 11) is 1.67. The van der Waals surface area contributed by atoms with Crippen molar-refractivity contribution in [1.29, 1.82) is 0 Å². The van der Waals surface area contributed by atoms with E-state index in [1.54, 1.807) is 7.11 Å². The summed E-state index contributed by atoms with van der Waals surface area (Å²) in [6.07, 6.45) is 0. The van der Waals surface area contributed by atoms with Crippen molar-refractivity contribution >= 4 is 15.9 Å². The molecular weight excluding hydrogens is 280 g/mol. The fraction of sp³-hybridized carbons (Fsp3) is 0.571. The Hall–Kier alpha value is -0.700. The van der Waals surface area contributed by atoms with E-state index >= 15 is 0 Å². The Bertz CT molecular complexity index is 350. The maximum Gasteiger partial charge on any atom is 0.161 e. The number of ether oxygens (including phenoxy) is 2. The highest BCUT2D eigenvalue weighted by molar-refractivity contribution is 9.09. The molecule has 17 heavy (non-hydrogen) atoms. The molecule has 1 rings (SSSR count). The third-order valence-electron chi connectivity index (χ3n) is 2.91. The van der Waals surface area contributed by atoms with Crippen molar-refractivity contribution in [1.82, 2.24) is 0 Å². The van der Waals surface area contributed by atoms with Crippen LogP contribution in [-0.4, -0.2) is 19.0 Å². The lowest BCUT2D eigenvalue weighted by Gasteiger charge is -2.19. The van der Waals surface area contributed by atoms with Crippen LogP contribution in [0.3, 0.4) is 0 Å². The second kappa shape index (κ2) is 6.90. The largest absolute Gasteiger partial charge is 0.493 e. The van der Waals surface area contributed by atoms with Gasteiger partial charge in [0.2, 0.25) is 0 Å². The molecule has 2 nitrogen and oxygen atoms in total. The van der Waals surface area contributed by atoms with E-state index in [1.165, 1.54) is 5.56 Å². The van der Waals surface area contributed by atoms with Crippen molar-refractivity contribution < 1.29 is 9.47 Å². The molecule has 1 unspecified atom stereocenters. The van der Waals surface area contributed by atoms with Gasteiger partial charge in [0.1, 0.15) is 0 Å². The minimum Gasteiger partial charge on any atom is -0.493 e. The minimum absolute atomic E-state index is 0.515. The van der Waals surface area contributed by atoms with Crippen LogP contribution >= 0.6 is 15.9 Å². The fourth-order valence-electron chi connectivity index (χ4n) is 1.51. The summed E-state index contributed by atoms with van der Waals surface area (Å²) >= 11 is 3.53. The van der Waals surface area contributed by atoms with E-state index in [9.17, 15) is 0 Å². The molecule has 1 atom stereocenters. The van der Waals surface area contributed by atoms with Gasteiger partial charge >= 0.3 is 0 Å². The first-order valence-electron chi connectivity index (χ1n) is 5.91. The summed E-state index contributed by atoms with van der Waals surface area (Å²) in [5.41, 5.74) is 1.18. The van der Waals surface area contributed by atoms with Gasteiger partial charge in [-0.05, 0) is 30.5 Å². The van der Waals surface area contributed by atoms with Crippen molar-refractivity contribution in [3.8, 4) is 11.5 Å². The van der Waals surface area contributed by atoms with Crippen molar-refractivity contribution in [2.24, 2.45) is 11.8 Å². The van der Waals surface area contributed by atoms with Crippen LogP contribution in [0.4, 0.5) is 0 Å². The molecule has 0 aromatic heterocycles. The average Bonchev–Trinajstić information content (AvgIpc) is 2.31. The number of hydrogen-bond acceptors (Lipinski definition) is 2. The first-order chi connectivity index (χ1) is 8.08. The zero-order chi connectivity index (χ0) is 12.8. The SMILES string of the molecule is COc1cc(C)ccc1OCC(CBr)C(C)C. The van der Waals surface area contributed by atoms with Crippen LogP contribution in [0.25, 0.3) is 0 Å². The highest BCUT2D eigenvalue weighted by Crippen LogP contribution is 2.28. The second-order valence-electron chi connectivity index (χ2n) is 4.62. The van der Waals surface area contributed by atoms with Gasteiger partial charge in [0, 0.05) is 11.2 Å². The quantitative estimate of drug-likeness (QED) is 0.738. The predicted molar refractivity (Wildman–Crippen MR) is 75.3 cm³/mol. The maximum atomic E-state index is 5.84. The Morgan fingerprint density at radius 1 is 1.24 bits per heavy atom. The molecule has 0 aliphatic carbocycles. The molecule has 0 aliphatic rings. The number of hydrogen-bond donors (Lipinski definition) is 0. The topological polar surface area (TPSA) is 18.5 Å². The Kier molecular flexibility index (Phi) is 5.83. The van der Waals surface area contributed by atoms with Crippen molar-refractivity contribution in [2.75, 3.05) is 19.0 Å². The first-order valence-corrected chi connectivity index (χ1v) is 7.04. The van der Waals surface area contributed by atoms with E-state index in [0.29, 0.717) is 18.4 Å². The van der Waals surface area contributed by atoms with E-state index in [4.69, 9.17) is 9.47 Å². The van der Waals surface area contributed by atoms with Crippen LogP contribution < -0.4 is 9.47 Å². The summed E-state index contributed by atoms with van der Waals surface area (Å²) in [6, 6.07) is 6.00. The van der Waals surface area contributed by atoms with E-state index < -0.39 is 0 Å². The average molecular weight is 301 g/mol. The number of alkyl halides is 1. The normalized spacial score (nSPS) is 12.6. The molecule has 0 saturated carbocycles. The summed E-state index contributed by atoms with van der Waals surface area (Å²) in [5, 5.41) is 0.957. The number of aryl methyl sites for hydroxylation is 1. The van der Waals surface area contributed by atoms with Gasteiger partial charge in [0.25, 0.3) is 0 Å². The highest BCUT2D eigenvalue weighted by Gasteiger charge is 2.14. The molecule has 0 fully saturated rings. The molecule has 96 valence electrons. The monoisotopic (exact) mass is 300 g/mol. The molecule has 1 aromatic carbocycles. The molecular formula is C14H21BrO2. The molecule has 3 heteroatoms. The lowest BCUT2D eigenvalue weighted by atomic mass is 9.99. The molecule has 1 aromatic rings. The first kappa shape index (κ1) is 14.4. The van der Waals surface area contributed by atoms with Gasteiger partial charge in [-0.3, -0.25) is 0 Å². The summed E-state index contributed by atoms with van der Waals surface area (Å²) in [6.45, 7) is 7.17. The molecule has 0 bridgehead atoms. The Morgan fingerprint density at radius 3 is 2.47 bits per heavy atom. The van der Waals surface area contributed by atoms with Crippen LogP contribution in [0.15, 0.2) is 18.2 Å². The van der Waals surface area contributed by atoms with Crippen molar-refractivity contribution in [2.45, 2.75) is 20.8 Å². The maximum absolute atomic E-state index is 5.84. The summed E-state index contributed by atoms with van der Waals surface area (Å²) < 4.78 is 11.2. The van der Waals surface area contributed by atoms with E-state index in [1.807, 2.05) is 25.1 Å².